The molecule has 8 heteroatoms. The smallest absolute Gasteiger partial charge is 0.326 e. The van der Waals surface area contributed by atoms with E-state index in [9.17, 15) is 18.0 Å². The molecule has 0 aliphatic rings. The topological polar surface area (TPSA) is 121 Å². The van der Waals surface area contributed by atoms with Crippen molar-refractivity contribution in [2.24, 2.45) is 0 Å². The number of carbonyl (C=O) groups is 2. The first-order valence-electron chi connectivity index (χ1n) is 5.74. The summed E-state index contributed by atoms with van der Waals surface area (Å²) in [6.07, 6.45) is -0.411. The lowest BCUT2D eigenvalue weighted by Gasteiger charge is -2.13. The lowest BCUT2D eigenvalue weighted by Crippen LogP contribution is -2.41. The summed E-state index contributed by atoms with van der Waals surface area (Å²) in [7, 11) is -4.27. The van der Waals surface area contributed by atoms with Crippen molar-refractivity contribution >= 4 is 22.0 Å². The maximum absolute atomic E-state index is 11.8. The molecule has 0 aromatic heterocycles. The lowest BCUT2D eigenvalue weighted by molar-refractivity contribution is -0.139. The zero-order valence-electron chi connectivity index (χ0n) is 10.7. The van der Waals surface area contributed by atoms with Crippen molar-refractivity contribution in [1.82, 2.24) is 5.32 Å². The van der Waals surface area contributed by atoms with E-state index in [0.29, 0.717) is 0 Å². The number of aliphatic carboxylic acids is 1. The minimum atomic E-state index is -4.27. The fraction of sp³-hybridized carbons (Fsp3) is 0.333. The maximum Gasteiger partial charge on any atom is 0.326 e. The van der Waals surface area contributed by atoms with Crippen LogP contribution >= 0.6 is 0 Å². The summed E-state index contributed by atoms with van der Waals surface area (Å²) in [5.74, 6) is -2.72. The van der Waals surface area contributed by atoms with Gasteiger partial charge in [0.25, 0.3) is 16.0 Å². The average molecular weight is 301 g/mol. The molecule has 0 saturated carbocycles. The van der Waals surface area contributed by atoms with E-state index in [1.165, 1.54) is 12.1 Å². The summed E-state index contributed by atoms with van der Waals surface area (Å²) in [6.45, 7) is 1.84. The van der Waals surface area contributed by atoms with Gasteiger partial charge < -0.3 is 10.4 Å². The molecular formula is C12H15NO6S. The summed E-state index contributed by atoms with van der Waals surface area (Å²) >= 11 is 0. The molecule has 0 bridgehead atoms. The Balaban J connectivity index is 2.73. The molecular weight excluding hydrogens is 286 g/mol. The van der Waals surface area contributed by atoms with Gasteiger partial charge in [-0.15, -0.1) is 0 Å². The third-order valence-electron chi connectivity index (χ3n) is 2.58. The first-order valence-corrected chi connectivity index (χ1v) is 7.35. The molecule has 1 atom stereocenters. The first-order chi connectivity index (χ1) is 9.19. The van der Waals surface area contributed by atoms with Crippen molar-refractivity contribution < 1.29 is 27.7 Å². The normalized spacial score (nSPS) is 12.7. The van der Waals surface area contributed by atoms with Gasteiger partial charge in [0.1, 0.15) is 6.04 Å². The predicted octanol–water partition coefficient (Wildman–Crippen LogP) is 0.456. The van der Waals surface area contributed by atoms with Crippen molar-refractivity contribution in [2.75, 3.05) is 5.75 Å². The molecule has 7 nitrogen and oxygen atoms in total. The monoisotopic (exact) mass is 301 g/mol. The highest BCUT2D eigenvalue weighted by atomic mass is 32.2. The Morgan fingerprint density at radius 2 is 1.80 bits per heavy atom. The van der Waals surface area contributed by atoms with E-state index >= 15 is 0 Å². The molecule has 0 heterocycles. The van der Waals surface area contributed by atoms with E-state index < -0.39 is 40.2 Å². The molecule has 1 amide bonds. The van der Waals surface area contributed by atoms with Gasteiger partial charge in [0.2, 0.25) is 0 Å². The summed E-state index contributed by atoms with van der Waals surface area (Å²) in [5.41, 5.74) is 1.22. The van der Waals surface area contributed by atoms with Crippen LogP contribution in [0.5, 0.6) is 0 Å². The van der Waals surface area contributed by atoms with Gasteiger partial charge in [0.15, 0.2) is 0 Å². The van der Waals surface area contributed by atoms with Crippen molar-refractivity contribution in [2.45, 2.75) is 19.4 Å². The van der Waals surface area contributed by atoms with Gasteiger partial charge in [0.05, 0.1) is 5.75 Å². The molecule has 0 aliphatic heterocycles. The molecule has 1 rings (SSSR count). The molecule has 0 aliphatic carbocycles. The molecule has 0 unspecified atom stereocenters. The van der Waals surface area contributed by atoms with Crippen LogP contribution < -0.4 is 5.32 Å². The van der Waals surface area contributed by atoms with Gasteiger partial charge in [-0.3, -0.25) is 9.35 Å². The maximum atomic E-state index is 11.8. The third-order valence-corrected chi connectivity index (χ3v) is 3.33. The second-order valence-electron chi connectivity index (χ2n) is 4.31. The van der Waals surface area contributed by atoms with Crippen LogP contribution in [0.15, 0.2) is 24.3 Å². The largest absolute Gasteiger partial charge is 0.480 e. The van der Waals surface area contributed by atoms with Gasteiger partial charge in [-0.2, -0.15) is 8.42 Å². The Morgan fingerprint density at radius 3 is 2.25 bits per heavy atom. The zero-order valence-corrected chi connectivity index (χ0v) is 11.6. The first kappa shape index (κ1) is 16.1. The quantitative estimate of drug-likeness (QED) is 0.656. The molecule has 110 valence electrons. The Kier molecular flexibility index (Phi) is 5.23. The Morgan fingerprint density at radius 1 is 1.25 bits per heavy atom. The average Bonchev–Trinajstić information content (AvgIpc) is 2.33. The fourth-order valence-electron chi connectivity index (χ4n) is 1.47. The molecule has 3 N–H and O–H groups in total. The van der Waals surface area contributed by atoms with E-state index in [2.05, 4.69) is 5.32 Å². The highest BCUT2D eigenvalue weighted by molar-refractivity contribution is 7.85. The van der Waals surface area contributed by atoms with E-state index in [-0.39, 0.29) is 5.56 Å². The summed E-state index contributed by atoms with van der Waals surface area (Å²) in [6, 6.07) is 5.08. The SMILES string of the molecule is Cc1ccc(C(=O)N[C@@H](CCS(=O)(=O)O)C(=O)O)cc1. The summed E-state index contributed by atoms with van der Waals surface area (Å²) in [5, 5.41) is 11.1. The van der Waals surface area contributed by atoms with E-state index in [4.69, 9.17) is 9.66 Å². The van der Waals surface area contributed by atoms with Gasteiger partial charge in [-0.05, 0) is 25.5 Å². The minimum absolute atomic E-state index is 0.272. The van der Waals surface area contributed by atoms with Gasteiger partial charge in [-0.25, -0.2) is 4.79 Å². The third kappa shape index (κ3) is 5.37. The van der Waals surface area contributed by atoms with Crippen molar-refractivity contribution in [1.29, 1.82) is 0 Å². The highest BCUT2D eigenvalue weighted by Crippen LogP contribution is 2.05. The Bertz CT molecular complexity index is 593. The van der Waals surface area contributed by atoms with E-state index in [1.54, 1.807) is 12.1 Å². The molecule has 20 heavy (non-hydrogen) atoms. The molecule has 0 fully saturated rings. The number of carbonyl (C=O) groups excluding carboxylic acids is 1. The van der Waals surface area contributed by atoms with Crippen LogP contribution in [0.3, 0.4) is 0 Å². The molecule has 0 saturated heterocycles. The summed E-state index contributed by atoms with van der Waals surface area (Å²) in [4.78, 5) is 22.8. The molecule has 0 radical (unpaired) electrons. The zero-order chi connectivity index (χ0) is 15.3. The van der Waals surface area contributed by atoms with Gasteiger partial charge >= 0.3 is 5.97 Å². The number of carboxylic acids is 1. The van der Waals surface area contributed by atoms with Crippen LogP contribution in [0, 0.1) is 6.92 Å². The van der Waals surface area contributed by atoms with E-state index in [0.717, 1.165) is 5.56 Å². The number of carboxylic acid groups (broad SMARTS) is 1. The van der Waals surface area contributed by atoms with Crippen LogP contribution in [0.2, 0.25) is 0 Å². The number of hydrogen-bond donors (Lipinski definition) is 3. The Labute approximate surface area is 116 Å². The second-order valence-corrected chi connectivity index (χ2v) is 5.88. The fourth-order valence-corrected chi connectivity index (χ4v) is 2.00. The molecule has 0 spiro atoms. The summed E-state index contributed by atoms with van der Waals surface area (Å²) < 4.78 is 29.8. The second kappa shape index (κ2) is 6.49. The molecule has 1 aromatic rings. The van der Waals surface area contributed by atoms with Gasteiger partial charge in [-0.1, -0.05) is 17.7 Å². The number of aryl methyl sites for hydroxylation is 1. The number of benzene rings is 1. The van der Waals surface area contributed by atoms with Crippen LogP contribution in [0.4, 0.5) is 0 Å². The van der Waals surface area contributed by atoms with Crippen molar-refractivity contribution in [3.8, 4) is 0 Å². The Hall–Kier alpha value is -1.93. The van der Waals surface area contributed by atoms with Crippen molar-refractivity contribution in [3.63, 3.8) is 0 Å². The van der Waals surface area contributed by atoms with Crippen LogP contribution in [0.1, 0.15) is 22.3 Å². The van der Waals surface area contributed by atoms with Crippen LogP contribution in [0.25, 0.3) is 0 Å². The van der Waals surface area contributed by atoms with Gasteiger partial charge in [0, 0.05) is 5.56 Å². The highest BCUT2D eigenvalue weighted by Gasteiger charge is 2.22. The standard InChI is InChI=1S/C12H15NO6S/c1-8-2-4-9(5-3-8)11(14)13-10(12(15)16)6-7-20(17,18)19/h2-5,10H,6-7H2,1H3,(H,13,14)(H,15,16)(H,17,18,19)/t10-/m0/s1. The number of rotatable bonds is 6. The van der Waals surface area contributed by atoms with E-state index in [1.807, 2.05) is 6.92 Å². The number of nitrogens with one attached hydrogen (secondary N) is 1. The van der Waals surface area contributed by atoms with Crippen molar-refractivity contribution in [3.05, 3.63) is 35.4 Å². The van der Waals surface area contributed by atoms with Crippen LogP contribution in [-0.4, -0.2) is 41.7 Å². The number of hydrogen-bond acceptors (Lipinski definition) is 4. The van der Waals surface area contributed by atoms with Crippen LogP contribution in [-0.2, 0) is 14.9 Å². The number of amides is 1. The predicted molar refractivity (Wildman–Crippen MR) is 71.1 cm³/mol. The molecule has 1 aromatic carbocycles. The lowest BCUT2D eigenvalue weighted by atomic mass is 10.1. The minimum Gasteiger partial charge on any atom is -0.480 e.